The monoisotopic (exact) mass is 276 g/mol. The molecule has 0 bridgehead atoms. The Morgan fingerprint density at radius 1 is 1.64 bits per heavy atom. The van der Waals surface area contributed by atoms with Gasteiger partial charge in [-0.15, -0.1) is 0 Å². The van der Waals surface area contributed by atoms with Crippen molar-refractivity contribution in [3.05, 3.63) is 20.8 Å². The van der Waals surface area contributed by atoms with Crippen molar-refractivity contribution in [3.8, 4) is 0 Å². The summed E-state index contributed by atoms with van der Waals surface area (Å²) < 4.78 is 6.50. The average molecular weight is 277 g/mol. The van der Waals surface area contributed by atoms with Crippen molar-refractivity contribution in [3.63, 3.8) is 0 Å². The molecule has 1 fully saturated rings. The minimum Gasteiger partial charge on any atom is -0.388 e. The summed E-state index contributed by atoms with van der Waals surface area (Å²) in [4.78, 5) is 0. The molecule has 78 valence electrons. The van der Waals surface area contributed by atoms with Gasteiger partial charge in [-0.05, 0) is 34.2 Å². The van der Waals surface area contributed by atoms with E-state index in [9.17, 15) is 5.11 Å². The molecule has 2 atom stereocenters. The summed E-state index contributed by atoms with van der Waals surface area (Å²) in [6, 6.07) is 0. The van der Waals surface area contributed by atoms with E-state index in [4.69, 9.17) is 4.74 Å². The molecule has 0 radical (unpaired) electrons. The second kappa shape index (κ2) is 4.75. The molecule has 1 N–H and O–H groups in total. The van der Waals surface area contributed by atoms with E-state index in [0.29, 0.717) is 0 Å². The van der Waals surface area contributed by atoms with Crippen molar-refractivity contribution in [2.75, 3.05) is 6.61 Å². The van der Waals surface area contributed by atoms with Crippen LogP contribution in [0.5, 0.6) is 0 Å². The van der Waals surface area contributed by atoms with Gasteiger partial charge in [-0.3, -0.25) is 0 Å². The lowest BCUT2D eigenvalue weighted by Gasteiger charge is -2.14. The maximum Gasteiger partial charge on any atom is 0.0833 e. The molecule has 0 aromatic carbocycles. The van der Waals surface area contributed by atoms with E-state index in [1.54, 1.807) is 11.3 Å². The largest absolute Gasteiger partial charge is 0.388 e. The van der Waals surface area contributed by atoms with Crippen LogP contribution in [0.25, 0.3) is 0 Å². The third-order valence-corrected chi connectivity index (χ3v) is 4.26. The van der Waals surface area contributed by atoms with Gasteiger partial charge in [0.15, 0.2) is 0 Å². The Hall–Kier alpha value is 0.100. The van der Waals surface area contributed by atoms with E-state index in [2.05, 4.69) is 15.9 Å². The molecule has 4 heteroatoms. The van der Waals surface area contributed by atoms with Crippen LogP contribution in [0.15, 0.2) is 15.2 Å². The topological polar surface area (TPSA) is 29.5 Å². The first-order valence-electron chi connectivity index (χ1n) is 4.78. The lowest BCUT2D eigenvalue weighted by atomic mass is 10.0. The molecule has 0 spiro atoms. The molecular formula is C10H13BrO2S. The Labute approximate surface area is 96.0 Å². The predicted octanol–water partition coefficient (Wildman–Crippen LogP) is 3.11. The maximum absolute atomic E-state index is 9.95. The second-order valence-corrected chi connectivity index (χ2v) is 5.16. The van der Waals surface area contributed by atoms with Gasteiger partial charge in [0.2, 0.25) is 0 Å². The number of halogens is 1. The van der Waals surface area contributed by atoms with Crippen LogP contribution < -0.4 is 0 Å². The van der Waals surface area contributed by atoms with E-state index in [0.717, 1.165) is 35.9 Å². The SMILES string of the molecule is OC(CC1CCCO1)c1cscc1Br. The van der Waals surface area contributed by atoms with E-state index >= 15 is 0 Å². The molecule has 1 aromatic heterocycles. The van der Waals surface area contributed by atoms with E-state index in [1.807, 2.05) is 10.8 Å². The molecule has 2 nitrogen and oxygen atoms in total. The van der Waals surface area contributed by atoms with Gasteiger partial charge in [0.05, 0.1) is 12.2 Å². The maximum atomic E-state index is 9.95. The first-order chi connectivity index (χ1) is 6.77. The van der Waals surface area contributed by atoms with Gasteiger partial charge >= 0.3 is 0 Å². The van der Waals surface area contributed by atoms with Gasteiger partial charge in [-0.1, -0.05) is 0 Å². The molecule has 1 aromatic rings. The normalized spacial score (nSPS) is 24.0. The highest BCUT2D eigenvalue weighted by Gasteiger charge is 2.21. The zero-order chi connectivity index (χ0) is 9.97. The number of ether oxygens (including phenoxy) is 1. The van der Waals surface area contributed by atoms with Crippen LogP contribution in [0, 0.1) is 0 Å². The molecule has 1 saturated heterocycles. The standard InChI is InChI=1S/C10H13BrO2S/c11-9-6-14-5-8(9)10(12)4-7-2-1-3-13-7/h5-7,10,12H,1-4H2. The van der Waals surface area contributed by atoms with Crippen LogP contribution in [-0.2, 0) is 4.74 Å². The fourth-order valence-corrected chi connectivity index (χ4v) is 3.34. The van der Waals surface area contributed by atoms with Crippen molar-refractivity contribution < 1.29 is 9.84 Å². The summed E-state index contributed by atoms with van der Waals surface area (Å²) >= 11 is 5.03. The Morgan fingerprint density at radius 2 is 2.50 bits per heavy atom. The van der Waals surface area contributed by atoms with Gasteiger partial charge in [-0.25, -0.2) is 0 Å². The molecule has 1 aliphatic heterocycles. The lowest BCUT2D eigenvalue weighted by Crippen LogP contribution is -2.10. The molecule has 2 unspecified atom stereocenters. The Morgan fingerprint density at radius 3 is 3.07 bits per heavy atom. The summed E-state index contributed by atoms with van der Waals surface area (Å²) in [5.41, 5.74) is 0.991. The molecule has 0 aliphatic carbocycles. The number of hydrogen-bond donors (Lipinski definition) is 1. The summed E-state index contributed by atoms with van der Waals surface area (Å²) in [5, 5.41) is 13.9. The van der Waals surface area contributed by atoms with Crippen LogP contribution in [-0.4, -0.2) is 17.8 Å². The van der Waals surface area contributed by atoms with Gasteiger partial charge < -0.3 is 9.84 Å². The number of aliphatic hydroxyl groups is 1. The second-order valence-electron chi connectivity index (χ2n) is 3.56. The molecule has 2 rings (SSSR count). The molecule has 0 saturated carbocycles. The van der Waals surface area contributed by atoms with Gasteiger partial charge in [0.25, 0.3) is 0 Å². The fourth-order valence-electron chi connectivity index (χ4n) is 1.74. The van der Waals surface area contributed by atoms with Crippen molar-refractivity contribution >= 4 is 27.3 Å². The predicted molar refractivity (Wildman–Crippen MR) is 60.6 cm³/mol. The minimum atomic E-state index is -0.390. The van der Waals surface area contributed by atoms with Crippen LogP contribution in [0.4, 0.5) is 0 Å². The number of thiophene rings is 1. The molecule has 2 heterocycles. The van der Waals surface area contributed by atoms with E-state index < -0.39 is 6.10 Å². The first-order valence-corrected chi connectivity index (χ1v) is 6.52. The van der Waals surface area contributed by atoms with Gasteiger partial charge in [0.1, 0.15) is 0 Å². The quantitative estimate of drug-likeness (QED) is 0.919. The fraction of sp³-hybridized carbons (Fsp3) is 0.600. The Kier molecular flexibility index (Phi) is 3.60. The Balaban J connectivity index is 1.95. The molecule has 1 aliphatic rings. The molecular weight excluding hydrogens is 264 g/mol. The highest BCUT2D eigenvalue weighted by molar-refractivity contribution is 9.10. The number of aliphatic hydroxyl groups excluding tert-OH is 1. The summed E-state index contributed by atoms with van der Waals surface area (Å²) in [6.07, 6.45) is 2.78. The molecule has 14 heavy (non-hydrogen) atoms. The number of hydrogen-bond acceptors (Lipinski definition) is 3. The lowest BCUT2D eigenvalue weighted by molar-refractivity contribution is 0.0534. The van der Waals surface area contributed by atoms with Crippen molar-refractivity contribution in [2.24, 2.45) is 0 Å². The minimum absolute atomic E-state index is 0.247. The van der Waals surface area contributed by atoms with Crippen LogP contribution in [0.1, 0.15) is 30.9 Å². The third-order valence-electron chi connectivity index (χ3n) is 2.51. The molecule has 0 amide bonds. The van der Waals surface area contributed by atoms with Gasteiger partial charge in [0, 0.05) is 28.4 Å². The van der Waals surface area contributed by atoms with E-state index in [1.165, 1.54) is 0 Å². The smallest absolute Gasteiger partial charge is 0.0833 e. The van der Waals surface area contributed by atoms with Crippen molar-refractivity contribution in [2.45, 2.75) is 31.5 Å². The van der Waals surface area contributed by atoms with Crippen molar-refractivity contribution in [1.29, 1.82) is 0 Å². The Bertz CT molecular complexity index is 294. The zero-order valence-electron chi connectivity index (χ0n) is 7.78. The van der Waals surface area contributed by atoms with Crippen molar-refractivity contribution in [1.82, 2.24) is 0 Å². The zero-order valence-corrected chi connectivity index (χ0v) is 10.2. The van der Waals surface area contributed by atoms with E-state index in [-0.39, 0.29) is 6.10 Å². The van der Waals surface area contributed by atoms with Gasteiger partial charge in [-0.2, -0.15) is 11.3 Å². The highest BCUT2D eigenvalue weighted by atomic mass is 79.9. The van der Waals surface area contributed by atoms with Crippen LogP contribution >= 0.6 is 27.3 Å². The van der Waals surface area contributed by atoms with Crippen LogP contribution in [0.3, 0.4) is 0 Å². The summed E-state index contributed by atoms with van der Waals surface area (Å²) in [6.45, 7) is 0.849. The highest BCUT2D eigenvalue weighted by Crippen LogP contribution is 2.31. The summed E-state index contributed by atoms with van der Waals surface area (Å²) in [5.74, 6) is 0. The first kappa shape index (κ1) is 10.6. The summed E-state index contributed by atoms with van der Waals surface area (Å²) in [7, 11) is 0. The third kappa shape index (κ3) is 2.37. The number of rotatable bonds is 3. The average Bonchev–Trinajstić information content (AvgIpc) is 2.75. The van der Waals surface area contributed by atoms with Crippen LogP contribution in [0.2, 0.25) is 0 Å².